The molecule has 0 radical (unpaired) electrons. The molecule has 0 bridgehead atoms. The molecule has 0 saturated heterocycles. The second kappa shape index (κ2) is 7.86. The maximum Gasteiger partial charge on any atom is 0.310 e. The van der Waals surface area contributed by atoms with Crippen LogP contribution in [0, 0.1) is 10.1 Å². The number of esters is 1. The molecule has 2 aromatic rings. The summed E-state index contributed by atoms with van der Waals surface area (Å²) in [6, 6.07) is 6.85. The van der Waals surface area contributed by atoms with Crippen LogP contribution >= 0.6 is 0 Å². The highest BCUT2D eigenvalue weighted by atomic mass is 16.6. The number of amides is 1. The van der Waals surface area contributed by atoms with Crippen LogP contribution in [0.25, 0.3) is 0 Å². The lowest BCUT2D eigenvalue weighted by Gasteiger charge is -2.10. The number of carbonyl (C=O) groups excluding carboxylic acids is 2. The van der Waals surface area contributed by atoms with Gasteiger partial charge in [-0.3, -0.25) is 24.4 Å². The molecule has 0 aliphatic heterocycles. The Hall–Kier alpha value is -3.23. The van der Waals surface area contributed by atoms with Crippen LogP contribution in [0.5, 0.6) is 0 Å². The van der Waals surface area contributed by atoms with Crippen molar-refractivity contribution >= 4 is 23.3 Å². The van der Waals surface area contributed by atoms with Gasteiger partial charge < -0.3 is 10.1 Å². The van der Waals surface area contributed by atoms with Gasteiger partial charge in [0.1, 0.15) is 18.9 Å². The number of hydrogen-bond donors (Lipinski definition) is 1. The standard InChI is InChI=1S/C15H16N4O5/c1-2-24-15(21)7-11-5-3-4-6-13(11)17-14(20)10-18-9-12(8-16-18)19(22)23/h3-6,8-9H,2,7,10H2,1H3,(H,17,20). The zero-order chi connectivity index (χ0) is 17.5. The minimum absolute atomic E-state index is 0.0392. The molecule has 0 atom stereocenters. The predicted molar refractivity (Wildman–Crippen MR) is 84.3 cm³/mol. The molecular formula is C15H16N4O5. The van der Waals surface area contributed by atoms with Crippen molar-refractivity contribution in [2.75, 3.05) is 11.9 Å². The first-order chi connectivity index (χ1) is 11.5. The Morgan fingerprint density at radius 1 is 1.38 bits per heavy atom. The van der Waals surface area contributed by atoms with Crippen LogP contribution < -0.4 is 5.32 Å². The van der Waals surface area contributed by atoms with Gasteiger partial charge >= 0.3 is 11.7 Å². The molecule has 0 aliphatic rings. The molecular weight excluding hydrogens is 316 g/mol. The van der Waals surface area contributed by atoms with Gasteiger partial charge in [-0.05, 0) is 18.6 Å². The smallest absolute Gasteiger partial charge is 0.310 e. The number of nitro groups is 1. The second-order valence-electron chi connectivity index (χ2n) is 4.84. The Morgan fingerprint density at radius 3 is 2.79 bits per heavy atom. The van der Waals surface area contributed by atoms with Gasteiger partial charge in [0.05, 0.1) is 18.0 Å². The van der Waals surface area contributed by atoms with E-state index in [-0.39, 0.29) is 31.2 Å². The van der Waals surface area contributed by atoms with Crippen molar-refractivity contribution in [3.8, 4) is 0 Å². The summed E-state index contributed by atoms with van der Waals surface area (Å²) in [6.07, 6.45) is 2.28. The van der Waals surface area contributed by atoms with Crippen molar-refractivity contribution in [1.29, 1.82) is 0 Å². The van der Waals surface area contributed by atoms with E-state index in [9.17, 15) is 19.7 Å². The van der Waals surface area contributed by atoms with E-state index in [1.54, 1.807) is 31.2 Å². The molecule has 1 aromatic heterocycles. The van der Waals surface area contributed by atoms with E-state index in [1.165, 1.54) is 10.9 Å². The average Bonchev–Trinajstić information content (AvgIpc) is 2.98. The third-order valence-corrected chi connectivity index (χ3v) is 3.07. The lowest BCUT2D eigenvalue weighted by Crippen LogP contribution is -2.20. The summed E-state index contributed by atoms with van der Waals surface area (Å²) in [5.41, 5.74) is 0.915. The second-order valence-corrected chi connectivity index (χ2v) is 4.84. The fraction of sp³-hybridized carbons (Fsp3) is 0.267. The van der Waals surface area contributed by atoms with Crippen molar-refractivity contribution in [3.63, 3.8) is 0 Å². The Bertz CT molecular complexity index is 756. The molecule has 1 amide bonds. The number of hydrogen-bond acceptors (Lipinski definition) is 6. The third-order valence-electron chi connectivity index (χ3n) is 3.07. The zero-order valence-corrected chi connectivity index (χ0v) is 13.0. The quantitative estimate of drug-likeness (QED) is 0.467. The lowest BCUT2D eigenvalue weighted by molar-refractivity contribution is -0.385. The van der Waals surface area contributed by atoms with Gasteiger partial charge in [-0.2, -0.15) is 5.10 Å². The normalized spacial score (nSPS) is 10.2. The number of ether oxygens (including phenoxy) is 1. The topological polar surface area (TPSA) is 116 Å². The van der Waals surface area contributed by atoms with Crippen molar-refractivity contribution < 1.29 is 19.2 Å². The molecule has 0 aliphatic carbocycles. The zero-order valence-electron chi connectivity index (χ0n) is 13.0. The Balaban J connectivity index is 2.03. The average molecular weight is 332 g/mol. The van der Waals surface area contributed by atoms with Crippen LogP contribution in [0.3, 0.4) is 0 Å². The summed E-state index contributed by atoms with van der Waals surface area (Å²) in [6.45, 7) is 1.82. The summed E-state index contributed by atoms with van der Waals surface area (Å²) in [5, 5.41) is 17.0. The van der Waals surface area contributed by atoms with E-state index in [0.29, 0.717) is 11.3 Å². The van der Waals surface area contributed by atoms with Gasteiger partial charge in [0.25, 0.3) is 0 Å². The maximum absolute atomic E-state index is 12.1. The number of carbonyl (C=O) groups is 2. The fourth-order valence-electron chi connectivity index (χ4n) is 2.03. The van der Waals surface area contributed by atoms with Gasteiger partial charge in [0, 0.05) is 5.69 Å². The minimum Gasteiger partial charge on any atom is -0.466 e. The summed E-state index contributed by atoms with van der Waals surface area (Å²) in [5.74, 6) is -0.800. The molecule has 0 spiro atoms. The number of rotatable bonds is 7. The molecule has 2 rings (SSSR count). The molecule has 24 heavy (non-hydrogen) atoms. The van der Waals surface area contributed by atoms with E-state index in [4.69, 9.17) is 4.74 Å². The predicted octanol–water partition coefficient (Wildman–Crippen LogP) is 1.54. The van der Waals surface area contributed by atoms with Gasteiger partial charge in [0.15, 0.2) is 0 Å². The number of nitrogens with zero attached hydrogens (tertiary/aromatic N) is 3. The highest BCUT2D eigenvalue weighted by Crippen LogP contribution is 2.16. The van der Waals surface area contributed by atoms with E-state index < -0.39 is 10.8 Å². The van der Waals surface area contributed by atoms with Gasteiger partial charge in [-0.15, -0.1) is 0 Å². The summed E-state index contributed by atoms with van der Waals surface area (Å²) in [7, 11) is 0. The molecule has 1 heterocycles. The third kappa shape index (κ3) is 4.63. The molecule has 0 saturated carbocycles. The summed E-state index contributed by atoms with van der Waals surface area (Å²) < 4.78 is 6.07. The first kappa shape index (κ1) is 17.1. The van der Waals surface area contributed by atoms with Gasteiger partial charge in [-0.1, -0.05) is 18.2 Å². The molecule has 1 aromatic carbocycles. The van der Waals surface area contributed by atoms with Crippen LogP contribution in [0.4, 0.5) is 11.4 Å². The maximum atomic E-state index is 12.1. The summed E-state index contributed by atoms with van der Waals surface area (Å²) >= 11 is 0. The van der Waals surface area contributed by atoms with Crippen LogP contribution in [0.2, 0.25) is 0 Å². The van der Waals surface area contributed by atoms with Crippen molar-refractivity contribution in [1.82, 2.24) is 9.78 Å². The molecule has 9 heteroatoms. The Kier molecular flexibility index (Phi) is 5.61. The molecule has 0 fully saturated rings. The molecule has 0 unspecified atom stereocenters. The van der Waals surface area contributed by atoms with E-state index in [2.05, 4.69) is 10.4 Å². The largest absolute Gasteiger partial charge is 0.466 e. The fourth-order valence-corrected chi connectivity index (χ4v) is 2.03. The van der Waals surface area contributed by atoms with Crippen molar-refractivity contribution in [2.45, 2.75) is 19.9 Å². The Labute approximate surface area is 137 Å². The number of anilines is 1. The number of nitrogens with one attached hydrogen (secondary N) is 1. The molecule has 126 valence electrons. The van der Waals surface area contributed by atoms with Gasteiger partial charge in [0.2, 0.25) is 5.91 Å². The number of aromatic nitrogens is 2. The Morgan fingerprint density at radius 2 is 2.12 bits per heavy atom. The highest BCUT2D eigenvalue weighted by molar-refractivity contribution is 5.92. The SMILES string of the molecule is CCOC(=O)Cc1ccccc1NC(=O)Cn1cc([N+](=O)[O-])cn1. The first-order valence-electron chi connectivity index (χ1n) is 7.19. The van der Waals surface area contributed by atoms with E-state index in [1.807, 2.05) is 0 Å². The minimum atomic E-state index is -0.587. The lowest BCUT2D eigenvalue weighted by atomic mass is 10.1. The first-order valence-corrected chi connectivity index (χ1v) is 7.19. The highest BCUT2D eigenvalue weighted by Gasteiger charge is 2.13. The van der Waals surface area contributed by atoms with E-state index >= 15 is 0 Å². The van der Waals surface area contributed by atoms with E-state index in [0.717, 1.165) is 6.20 Å². The number of para-hydroxylation sites is 1. The van der Waals surface area contributed by atoms with Crippen molar-refractivity contribution in [3.05, 3.63) is 52.3 Å². The van der Waals surface area contributed by atoms with Crippen LogP contribution in [-0.4, -0.2) is 33.2 Å². The van der Waals surface area contributed by atoms with Crippen molar-refractivity contribution in [2.24, 2.45) is 0 Å². The van der Waals surface area contributed by atoms with Crippen LogP contribution in [0.1, 0.15) is 12.5 Å². The van der Waals surface area contributed by atoms with Gasteiger partial charge in [-0.25, -0.2) is 0 Å². The summed E-state index contributed by atoms with van der Waals surface area (Å²) in [4.78, 5) is 33.7. The van der Waals surface area contributed by atoms with Crippen LogP contribution in [0.15, 0.2) is 36.7 Å². The molecule has 9 nitrogen and oxygen atoms in total. The van der Waals surface area contributed by atoms with Crippen LogP contribution in [-0.2, 0) is 27.3 Å². The number of benzene rings is 1. The molecule has 1 N–H and O–H groups in total. The monoisotopic (exact) mass is 332 g/mol.